The van der Waals surface area contributed by atoms with Crippen LogP contribution in [-0.2, 0) is 6.54 Å². The number of fused-ring (bicyclic) bond motifs is 2. The Morgan fingerprint density at radius 3 is 2.43 bits per heavy atom. The molecule has 1 aromatic rings. The Kier molecular flexibility index (Phi) is 4.15. The van der Waals surface area contributed by atoms with E-state index in [1.165, 1.54) is 29.7 Å². The highest BCUT2D eigenvalue weighted by Crippen LogP contribution is 2.36. The van der Waals surface area contributed by atoms with Crippen LogP contribution in [0.25, 0.3) is 0 Å². The number of carbonyl (C=O) groups is 1. The number of carboxylic acid groups (broad SMARTS) is 1. The van der Waals surface area contributed by atoms with Gasteiger partial charge in [0.1, 0.15) is 0 Å². The average Bonchev–Trinajstić information content (AvgIpc) is 2.47. The zero-order valence-electron chi connectivity index (χ0n) is 12.6. The van der Waals surface area contributed by atoms with Gasteiger partial charge in [-0.05, 0) is 31.2 Å². The molecule has 1 amide bonds. The number of benzene rings is 1. The molecule has 2 aliphatic rings. The largest absolute Gasteiger partial charge is 0.465 e. The van der Waals surface area contributed by atoms with Crippen molar-refractivity contribution in [2.45, 2.75) is 56.8 Å². The summed E-state index contributed by atoms with van der Waals surface area (Å²) in [6.07, 6.45) is 4.85. The van der Waals surface area contributed by atoms with Gasteiger partial charge in [0.2, 0.25) is 0 Å². The molecule has 0 unspecified atom stereocenters. The van der Waals surface area contributed by atoms with E-state index >= 15 is 0 Å². The van der Waals surface area contributed by atoms with Crippen LogP contribution in [0.2, 0.25) is 0 Å². The van der Waals surface area contributed by atoms with Crippen molar-refractivity contribution in [1.82, 2.24) is 9.80 Å². The molecule has 2 saturated heterocycles. The molecule has 2 bridgehead atoms. The molecule has 1 N–H and O–H groups in total. The number of hydrogen-bond acceptors (Lipinski definition) is 2. The number of piperidine rings is 2. The topological polar surface area (TPSA) is 43.8 Å². The molecule has 0 aromatic heterocycles. The summed E-state index contributed by atoms with van der Waals surface area (Å²) in [5, 5.41) is 9.21. The second-order valence-electron chi connectivity index (χ2n) is 6.42. The van der Waals surface area contributed by atoms with Gasteiger partial charge >= 0.3 is 6.09 Å². The predicted molar refractivity (Wildman–Crippen MR) is 82.2 cm³/mol. The van der Waals surface area contributed by atoms with Crippen molar-refractivity contribution in [3.8, 4) is 0 Å². The van der Waals surface area contributed by atoms with Gasteiger partial charge in [-0.2, -0.15) is 0 Å². The van der Waals surface area contributed by atoms with Gasteiger partial charge in [-0.3, -0.25) is 4.90 Å². The molecular formula is C17H24N2O2. The fourth-order valence-electron chi connectivity index (χ4n) is 3.97. The van der Waals surface area contributed by atoms with E-state index in [9.17, 15) is 9.90 Å². The van der Waals surface area contributed by atoms with Crippen molar-refractivity contribution in [3.63, 3.8) is 0 Å². The van der Waals surface area contributed by atoms with Crippen LogP contribution in [0.15, 0.2) is 30.3 Å². The second kappa shape index (κ2) is 6.06. The first kappa shape index (κ1) is 14.4. The molecule has 2 heterocycles. The van der Waals surface area contributed by atoms with Crippen LogP contribution in [0.5, 0.6) is 0 Å². The van der Waals surface area contributed by atoms with Crippen molar-refractivity contribution < 1.29 is 9.90 Å². The molecular weight excluding hydrogens is 264 g/mol. The molecule has 21 heavy (non-hydrogen) atoms. The van der Waals surface area contributed by atoms with Gasteiger partial charge in [0.25, 0.3) is 0 Å². The van der Waals surface area contributed by atoms with Crippen molar-refractivity contribution in [2.75, 3.05) is 7.05 Å². The molecule has 2 fully saturated rings. The van der Waals surface area contributed by atoms with Crippen molar-refractivity contribution in [3.05, 3.63) is 35.9 Å². The van der Waals surface area contributed by atoms with Gasteiger partial charge in [-0.15, -0.1) is 0 Å². The molecule has 3 rings (SSSR count). The highest BCUT2D eigenvalue weighted by atomic mass is 16.4. The Bertz CT molecular complexity index is 477. The summed E-state index contributed by atoms with van der Waals surface area (Å²) < 4.78 is 0. The third-order valence-corrected chi connectivity index (χ3v) is 5.16. The van der Waals surface area contributed by atoms with Crippen LogP contribution in [0, 0.1) is 0 Å². The fraction of sp³-hybridized carbons (Fsp3) is 0.588. The van der Waals surface area contributed by atoms with E-state index in [0.29, 0.717) is 12.1 Å². The van der Waals surface area contributed by atoms with Crippen molar-refractivity contribution in [1.29, 1.82) is 0 Å². The highest BCUT2D eigenvalue weighted by Gasteiger charge is 2.40. The van der Waals surface area contributed by atoms with Crippen molar-refractivity contribution >= 4 is 6.09 Å². The first-order chi connectivity index (χ1) is 10.1. The molecule has 0 spiro atoms. The molecule has 2 aliphatic heterocycles. The van der Waals surface area contributed by atoms with Gasteiger partial charge in [0, 0.05) is 31.7 Å². The zero-order chi connectivity index (χ0) is 14.8. The number of hydrogen-bond donors (Lipinski definition) is 1. The van der Waals surface area contributed by atoms with Gasteiger partial charge in [-0.1, -0.05) is 36.8 Å². The van der Waals surface area contributed by atoms with Crippen LogP contribution in [0.4, 0.5) is 4.79 Å². The van der Waals surface area contributed by atoms with Crippen LogP contribution in [0.3, 0.4) is 0 Å². The Hall–Kier alpha value is -1.55. The van der Waals surface area contributed by atoms with E-state index < -0.39 is 6.09 Å². The van der Waals surface area contributed by atoms with Gasteiger partial charge in [0.15, 0.2) is 0 Å². The minimum atomic E-state index is -0.797. The standard InChI is InChI=1S/C17H24N2O2/c1-18(17(20)21)16-10-14-8-5-9-15(11-16)19(14)12-13-6-3-2-4-7-13/h2-4,6-7,14-16H,5,8-12H2,1H3,(H,20,21)/t14-,15+,16-. The number of amides is 1. The minimum Gasteiger partial charge on any atom is -0.465 e. The summed E-state index contributed by atoms with van der Waals surface area (Å²) in [7, 11) is 1.72. The smallest absolute Gasteiger partial charge is 0.407 e. The second-order valence-corrected chi connectivity index (χ2v) is 6.42. The van der Waals surface area contributed by atoms with Crippen LogP contribution >= 0.6 is 0 Å². The maximum Gasteiger partial charge on any atom is 0.407 e. The quantitative estimate of drug-likeness (QED) is 0.929. The molecule has 0 radical (unpaired) electrons. The van der Waals surface area contributed by atoms with Gasteiger partial charge in [-0.25, -0.2) is 4.79 Å². The fourth-order valence-corrected chi connectivity index (χ4v) is 3.97. The first-order valence-electron chi connectivity index (χ1n) is 7.90. The first-order valence-corrected chi connectivity index (χ1v) is 7.90. The molecule has 0 saturated carbocycles. The summed E-state index contributed by atoms with van der Waals surface area (Å²) in [6.45, 7) is 1.000. The number of rotatable bonds is 3. The van der Waals surface area contributed by atoms with Crippen molar-refractivity contribution in [2.24, 2.45) is 0 Å². The Labute approximate surface area is 126 Å². The number of nitrogens with zero attached hydrogens (tertiary/aromatic N) is 2. The molecule has 114 valence electrons. The molecule has 3 atom stereocenters. The SMILES string of the molecule is CN(C(=O)O)[C@@H]1C[C@H]2CCC[C@@H](C1)N2Cc1ccccc1. The van der Waals surface area contributed by atoms with E-state index in [4.69, 9.17) is 0 Å². The lowest BCUT2D eigenvalue weighted by atomic mass is 9.81. The van der Waals surface area contributed by atoms with E-state index in [1.54, 1.807) is 7.05 Å². The van der Waals surface area contributed by atoms with Crippen LogP contribution in [-0.4, -0.2) is 46.2 Å². The molecule has 1 aromatic carbocycles. The molecule has 4 heteroatoms. The minimum absolute atomic E-state index is 0.185. The normalized spacial score (nSPS) is 29.1. The summed E-state index contributed by atoms with van der Waals surface area (Å²) in [5.74, 6) is 0. The third kappa shape index (κ3) is 3.05. The lowest BCUT2D eigenvalue weighted by Crippen LogP contribution is -2.56. The molecule has 0 aliphatic carbocycles. The van der Waals surface area contributed by atoms with Gasteiger partial charge in [0.05, 0.1) is 0 Å². The maximum absolute atomic E-state index is 11.2. The zero-order valence-corrected chi connectivity index (χ0v) is 12.6. The average molecular weight is 288 g/mol. The molecule has 4 nitrogen and oxygen atoms in total. The lowest BCUT2D eigenvalue weighted by Gasteiger charge is -2.50. The monoisotopic (exact) mass is 288 g/mol. The van der Waals surface area contributed by atoms with E-state index in [2.05, 4.69) is 35.2 Å². The Morgan fingerprint density at radius 1 is 1.24 bits per heavy atom. The summed E-state index contributed by atoms with van der Waals surface area (Å²) in [5.41, 5.74) is 1.36. The summed E-state index contributed by atoms with van der Waals surface area (Å²) in [4.78, 5) is 15.3. The van der Waals surface area contributed by atoms with E-state index in [0.717, 1.165) is 19.4 Å². The Balaban J connectivity index is 1.71. The van der Waals surface area contributed by atoms with Crippen LogP contribution < -0.4 is 0 Å². The predicted octanol–water partition coefficient (Wildman–Crippen LogP) is 3.18. The third-order valence-electron chi connectivity index (χ3n) is 5.16. The van der Waals surface area contributed by atoms with E-state index in [1.807, 2.05) is 0 Å². The lowest BCUT2D eigenvalue weighted by molar-refractivity contribution is -0.00485. The Morgan fingerprint density at radius 2 is 1.86 bits per heavy atom. The highest BCUT2D eigenvalue weighted by molar-refractivity contribution is 5.65. The van der Waals surface area contributed by atoms with Crippen LogP contribution in [0.1, 0.15) is 37.7 Å². The maximum atomic E-state index is 11.2. The van der Waals surface area contributed by atoms with Gasteiger partial charge < -0.3 is 10.0 Å². The summed E-state index contributed by atoms with van der Waals surface area (Å²) in [6, 6.07) is 11.9. The van der Waals surface area contributed by atoms with E-state index in [-0.39, 0.29) is 6.04 Å². The summed E-state index contributed by atoms with van der Waals surface area (Å²) >= 11 is 0.